The van der Waals surface area contributed by atoms with E-state index in [0.29, 0.717) is 6.04 Å². The summed E-state index contributed by atoms with van der Waals surface area (Å²) < 4.78 is 10.6. The molecule has 1 aromatic carbocycles. The van der Waals surface area contributed by atoms with Gasteiger partial charge in [0.2, 0.25) is 0 Å². The maximum atomic E-state index is 8.48. The number of benzene rings is 1. The predicted octanol–water partition coefficient (Wildman–Crippen LogP) is 3.46. The molecule has 0 aliphatic rings. The minimum Gasteiger partial charge on any atom is -0.479 e. The predicted molar refractivity (Wildman–Crippen MR) is 81.0 cm³/mol. The third kappa shape index (κ3) is 4.66. The standard InChI is InChI=1S/C17H20N2O2/c1-13(12-17-4-3-10-20-17)19-14(2)15-5-7-16(8-6-15)21-11-9-18/h3-8,10,13-14,19H,11-12H2,1-2H3. The molecular formula is C17H20N2O2. The third-order valence-electron chi connectivity index (χ3n) is 3.31. The van der Waals surface area contributed by atoms with E-state index in [1.54, 1.807) is 6.26 Å². The van der Waals surface area contributed by atoms with Crippen molar-refractivity contribution in [3.8, 4) is 11.8 Å². The molecular weight excluding hydrogens is 264 g/mol. The summed E-state index contributed by atoms with van der Waals surface area (Å²) in [5.74, 6) is 1.71. The summed E-state index contributed by atoms with van der Waals surface area (Å²) in [6, 6.07) is 14.2. The highest BCUT2D eigenvalue weighted by atomic mass is 16.5. The van der Waals surface area contributed by atoms with Crippen LogP contribution in [0, 0.1) is 11.3 Å². The average molecular weight is 284 g/mol. The lowest BCUT2D eigenvalue weighted by Crippen LogP contribution is -2.30. The van der Waals surface area contributed by atoms with Gasteiger partial charge in [-0.15, -0.1) is 0 Å². The van der Waals surface area contributed by atoms with E-state index in [9.17, 15) is 0 Å². The van der Waals surface area contributed by atoms with Crippen LogP contribution in [-0.2, 0) is 6.42 Å². The summed E-state index contributed by atoms with van der Waals surface area (Å²) in [5.41, 5.74) is 1.19. The van der Waals surface area contributed by atoms with E-state index in [-0.39, 0.29) is 12.6 Å². The minimum atomic E-state index is 0.0767. The number of ether oxygens (including phenoxy) is 1. The fraction of sp³-hybridized carbons (Fsp3) is 0.353. The first-order valence-electron chi connectivity index (χ1n) is 7.07. The summed E-state index contributed by atoms with van der Waals surface area (Å²) >= 11 is 0. The Hall–Kier alpha value is -2.25. The second kappa shape index (κ2) is 7.51. The van der Waals surface area contributed by atoms with Crippen LogP contribution in [-0.4, -0.2) is 12.6 Å². The maximum Gasteiger partial charge on any atom is 0.174 e. The van der Waals surface area contributed by atoms with Gasteiger partial charge in [0.1, 0.15) is 17.6 Å². The van der Waals surface area contributed by atoms with Crippen molar-refractivity contribution in [1.82, 2.24) is 5.32 Å². The zero-order valence-corrected chi connectivity index (χ0v) is 12.4. The van der Waals surface area contributed by atoms with E-state index < -0.39 is 0 Å². The number of nitrogens with zero attached hydrogens (tertiary/aromatic N) is 1. The molecule has 0 aliphatic heterocycles. The van der Waals surface area contributed by atoms with E-state index in [0.717, 1.165) is 17.9 Å². The van der Waals surface area contributed by atoms with E-state index in [1.807, 2.05) is 42.5 Å². The summed E-state index contributed by atoms with van der Waals surface area (Å²) in [6.45, 7) is 4.35. The van der Waals surface area contributed by atoms with Crippen LogP contribution in [0.3, 0.4) is 0 Å². The van der Waals surface area contributed by atoms with Crippen LogP contribution >= 0.6 is 0 Å². The Labute approximate surface area is 125 Å². The Balaban J connectivity index is 1.87. The number of nitriles is 1. The average Bonchev–Trinajstić information content (AvgIpc) is 2.98. The van der Waals surface area contributed by atoms with Gasteiger partial charge in [0.15, 0.2) is 6.61 Å². The number of hydrogen-bond donors (Lipinski definition) is 1. The van der Waals surface area contributed by atoms with Gasteiger partial charge in [-0.25, -0.2) is 0 Å². The van der Waals surface area contributed by atoms with Gasteiger partial charge < -0.3 is 14.5 Å². The lowest BCUT2D eigenvalue weighted by molar-refractivity contribution is 0.367. The van der Waals surface area contributed by atoms with Crippen molar-refractivity contribution in [2.75, 3.05) is 6.61 Å². The fourth-order valence-corrected chi connectivity index (χ4v) is 2.28. The molecule has 4 heteroatoms. The van der Waals surface area contributed by atoms with E-state index >= 15 is 0 Å². The van der Waals surface area contributed by atoms with Crippen molar-refractivity contribution >= 4 is 0 Å². The fourth-order valence-electron chi connectivity index (χ4n) is 2.28. The molecule has 2 aromatic rings. The molecule has 1 N–H and O–H groups in total. The summed E-state index contributed by atoms with van der Waals surface area (Å²) in [6.07, 6.45) is 2.56. The van der Waals surface area contributed by atoms with Crippen molar-refractivity contribution in [1.29, 1.82) is 5.26 Å². The Morgan fingerprint density at radius 3 is 2.62 bits per heavy atom. The number of hydrogen-bond acceptors (Lipinski definition) is 4. The summed E-state index contributed by atoms with van der Waals surface area (Å²) in [4.78, 5) is 0. The molecule has 0 aliphatic carbocycles. The van der Waals surface area contributed by atoms with Crippen molar-refractivity contribution in [2.24, 2.45) is 0 Å². The van der Waals surface area contributed by atoms with Gasteiger partial charge in [0, 0.05) is 18.5 Å². The summed E-state index contributed by atoms with van der Waals surface area (Å²) in [7, 11) is 0. The third-order valence-corrected chi connectivity index (χ3v) is 3.31. The lowest BCUT2D eigenvalue weighted by atomic mass is 10.1. The number of rotatable bonds is 7. The molecule has 0 spiro atoms. The summed E-state index contributed by atoms with van der Waals surface area (Å²) in [5, 5.41) is 12.0. The Kier molecular flexibility index (Phi) is 5.42. The molecule has 1 aromatic heterocycles. The SMILES string of the molecule is CC(Cc1ccco1)NC(C)c1ccc(OCC#N)cc1. The normalized spacial score (nSPS) is 13.4. The van der Waals surface area contributed by atoms with Crippen LogP contribution in [0.1, 0.15) is 31.2 Å². The minimum absolute atomic E-state index is 0.0767. The van der Waals surface area contributed by atoms with Gasteiger partial charge in [0.25, 0.3) is 0 Å². The van der Waals surface area contributed by atoms with Gasteiger partial charge in [-0.1, -0.05) is 12.1 Å². The molecule has 1 heterocycles. The van der Waals surface area contributed by atoms with Gasteiger partial charge in [-0.3, -0.25) is 0 Å². The molecule has 0 amide bonds. The maximum absolute atomic E-state index is 8.48. The lowest BCUT2D eigenvalue weighted by Gasteiger charge is -2.20. The van der Waals surface area contributed by atoms with Crippen molar-refractivity contribution < 1.29 is 9.15 Å². The zero-order chi connectivity index (χ0) is 15.1. The molecule has 0 saturated carbocycles. The van der Waals surface area contributed by atoms with Crippen molar-refractivity contribution in [3.05, 3.63) is 54.0 Å². The van der Waals surface area contributed by atoms with Crippen LogP contribution in [0.15, 0.2) is 47.1 Å². The van der Waals surface area contributed by atoms with Crippen LogP contribution < -0.4 is 10.1 Å². The van der Waals surface area contributed by atoms with E-state index in [1.165, 1.54) is 5.56 Å². The molecule has 2 unspecified atom stereocenters. The highest BCUT2D eigenvalue weighted by Gasteiger charge is 2.11. The zero-order valence-electron chi connectivity index (χ0n) is 12.4. The van der Waals surface area contributed by atoms with E-state index in [4.69, 9.17) is 14.4 Å². The highest BCUT2D eigenvalue weighted by Crippen LogP contribution is 2.18. The van der Waals surface area contributed by atoms with Crippen LogP contribution in [0.5, 0.6) is 5.75 Å². The topological polar surface area (TPSA) is 58.2 Å². The Bertz CT molecular complexity index is 570. The largest absolute Gasteiger partial charge is 0.479 e. The first-order valence-corrected chi connectivity index (χ1v) is 7.07. The molecule has 0 radical (unpaired) electrons. The monoisotopic (exact) mass is 284 g/mol. The smallest absolute Gasteiger partial charge is 0.174 e. The van der Waals surface area contributed by atoms with Gasteiger partial charge in [-0.05, 0) is 43.7 Å². The number of furan rings is 1. The highest BCUT2D eigenvalue weighted by molar-refractivity contribution is 5.29. The molecule has 110 valence electrons. The second-order valence-electron chi connectivity index (χ2n) is 5.09. The molecule has 2 atom stereocenters. The van der Waals surface area contributed by atoms with Crippen molar-refractivity contribution in [2.45, 2.75) is 32.4 Å². The molecule has 0 saturated heterocycles. The second-order valence-corrected chi connectivity index (χ2v) is 5.09. The van der Waals surface area contributed by atoms with Crippen LogP contribution in [0.4, 0.5) is 0 Å². The first-order chi connectivity index (χ1) is 10.2. The van der Waals surface area contributed by atoms with Crippen LogP contribution in [0.2, 0.25) is 0 Å². The Morgan fingerprint density at radius 1 is 1.24 bits per heavy atom. The van der Waals surface area contributed by atoms with Crippen molar-refractivity contribution in [3.63, 3.8) is 0 Å². The van der Waals surface area contributed by atoms with Crippen LogP contribution in [0.25, 0.3) is 0 Å². The van der Waals surface area contributed by atoms with Gasteiger partial charge in [0.05, 0.1) is 6.26 Å². The number of nitrogens with one attached hydrogen (secondary N) is 1. The van der Waals surface area contributed by atoms with E-state index in [2.05, 4.69) is 19.2 Å². The molecule has 2 rings (SSSR count). The van der Waals surface area contributed by atoms with Gasteiger partial charge >= 0.3 is 0 Å². The quantitative estimate of drug-likeness (QED) is 0.846. The molecule has 0 bridgehead atoms. The Morgan fingerprint density at radius 2 is 2.00 bits per heavy atom. The molecule has 0 fully saturated rings. The molecule has 21 heavy (non-hydrogen) atoms. The van der Waals surface area contributed by atoms with Gasteiger partial charge in [-0.2, -0.15) is 5.26 Å². The molecule has 4 nitrogen and oxygen atoms in total. The first kappa shape index (κ1) is 15.1.